The molecule has 0 aliphatic carbocycles. The molecule has 0 aliphatic rings. The van der Waals surface area contributed by atoms with E-state index in [2.05, 4.69) is 26.6 Å². The molecule has 2 N–H and O–H groups in total. The van der Waals surface area contributed by atoms with Crippen LogP contribution in [0.1, 0.15) is 25.5 Å². The fraction of sp³-hybridized carbons (Fsp3) is 0.222. The van der Waals surface area contributed by atoms with Crippen LogP contribution in [0.25, 0.3) is 0 Å². The molecule has 0 bridgehead atoms. The summed E-state index contributed by atoms with van der Waals surface area (Å²) in [5.74, 6) is 0.0188. The number of anilines is 1. The third-order valence-electron chi connectivity index (χ3n) is 3.31. The van der Waals surface area contributed by atoms with Crippen molar-refractivity contribution in [1.82, 2.24) is 5.32 Å². The first-order valence-electron chi connectivity index (χ1n) is 7.50. The molecule has 0 unspecified atom stereocenters. The molecular weight excluding hydrogens is 372 g/mol. The van der Waals surface area contributed by atoms with E-state index in [4.69, 9.17) is 4.74 Å². The highest BCUT2D eigenvalue weighted by Crippen LogP contribution is 2.24. The third kappa shape index (κ3) is 5.09. The van der Waals surface area contributed by atoms with E-state index in [1.807, 2.05) is 31.2 Å². The Morgan fingerprint density at radius 1 is 1.12 bits per heavy atom. The van der Waals surface area contributed by atoms with Crippen LogP contribution < -0.4 is 15.4 Å². The summed E-state index contributed by atoms with van der Waals surface area (Å²) in [4.78, 5) is 23.3. The van der Waals surface area contributed by atoms with E-state index in [0.717, 1.165) is 10.0 Å². The normalized spacial score (nSPS) is 11.5. The van der Waals surface area contributed by atoms with Gasteiger partial charge in [-0.2, -0.15) is 0 Å². The van der Waals surface area contributed by atoms with E-state index in [-0.39, 0.29) is 24.5 Å². The number of para-hydroxylation sites is 2. The number of halogens is 1. The first kappa shape index (κ1) is 18.0. The van der Waals surface area contributed by atoms with Crippen molar-refractivity contribution in [3.8, 4) is 5.75 Å². The Bertz CT molecular complexity index is 734. The van der Waals surface area contributed by atoms with Crippen LogP contribution in [0.5, 0.6) is 5.75 Å². The zero-order valence-corrected chi connectivity index (χ0v) is 15.1. The number of amides is 2. The minimum absolute atomic E-state index is 0.134. The van der Waals surface area contributed by atoms with Crippen LogP contribution in [-0.2, 0) is 9.59 Å². The first-order chi connectivity index (χ1) is 11.5. The molecule has 0 fully saturated rings. The highest BCUT2D eigenvalue weighted by molar-refractivity contribution is 9.10. The number of hydrogen-bond donors (Lipinski definition) is 2. The number of carbonyl (C=O) groups excluding carboxylic acids is 2. The smallest absolute Gasteiger partial charge is 0.258 e. The van der Waals surface area contributed by atoms with Gasteiger partial charge in [0.25, 0.3) is 5.91 Å². The molecule has 2 aromatic rings. The van der Waals surface area contributed by atoms with Gasteiger partial charge in [0.15, 0.2) is 6.61 Å². The van der Waals surface area contributed by atoms with Gasteiger partial charge < -0.3 is 15.4 Å². The molecule has 5 nitrogen and oxygen atoms in total. The van der Waals surface area contributed by atoms with Gasteiger partial charge in [-0.15, -0.1) is 0 Å². The summed E-state index contributed by atoms with van der Waals surface area (Å²) >= 11 is 3.47. The second-order valence-electron chi connectivity index (χ2n) is 5.28. The minimum Gasteiger partial charge on any atom is -0.482 e. The Morgan fingerprint density at radius 3 is 2.50 bits per heavy atom. The van der Waals surface area contributed by atoms with Gasteiger partial charge in [-0.1, -0.05) is 46.3 Å². The van der Waals surface area contributed by atoms with Crippen LogP contribution in [0.4, 0.5) is 5.69 Å². The molecule has 6 heteroatoms. The van der Waals surface area contributed by atoms with Gasteiger partial charge in [-0.3, -0.25) is 9.59 Å². The van der Waals surface area contributed by atoms with E-state index in [1.165, 1.54) is 6.92 Å². The van der Waals surface area contributed by atoms with E-state index < -0.39 is 0 Å². The molecule has 2 aromatic carbocycles. The quantitative estimate of drug-likeness (QED) is 0.790. The van der Waals surface area contributed by atoms with Gasteiger partial charge >= 0.3 is 0 Å². The summed E-state index contributed by atoms with van der Waals surface area (Å²) in [5.41, 5.74) is 1.53. The first-order valence-corrected chi connectivity index (χ1v) is 8.30. The average molecular weight is 391 g/mol. The van der Waals surface area contributed by atoms with Crippen LogP contribution in [0.3, 0.4) is 0 Å². The highest BCUT2D eigenvalue weighted by atomic mass is 79.9. The fourth-order valence-electron chi connectivity index (χ4n) is 2.22. The van der Waals surface area contributed by atoms with Crippen molar-refractivity contribution in [2.24, 2.45) is 0 Å². The maximum absolute atomic E-state index is 12.1. The largest absolute Gasteiger partial charge is 0.482 e. The van der Waals surface area contributed by atoms with Gasteiger partial charge in [-0.25, -0.2) is 0 Å². The van der Waals surface area contributed by atoms with E-state index in [9.17, 15) is 9.59 Å². The van der Waals surface area contributed by atoms with E-state index in [0.29, 0.717) is 11.4 Å². The second-order valence-corrected chi connectivity index (χ2v) is 6.13. The van der Waals surface area contributed by atoms with Crippen molar-refractivity contribution in [2.45, 2.75) is 19.9 Å². The molecule has 0 spiro atoms. The number of carbonyl (C=O) groups is 2. The van der Waals surface area contributed by atoms with Crippen molar-refractivity contribution in [3.63, 3.8) is 0 Å². The van der Waals surface area contributed by atoms with Gasteiger partial charge in [-0.05, 0) is 30.7 Å². The Hall–Kier alpha value is -2.34. The molecule has 0 radical (unpaired) electrons. The Morgan fingerprint density at radius 2 is 1.79 bits per heavy atom. The lowest BCUT2D eigenvalue weighted by Crippen LogP contribution is -2.31. The van der Waals surface area contributed by atoms with Crippen LogP contribution in [0, 0.1) is 0 Å². The van der Waals surface area contributed by atoms with Crippen LogP contribution >= 0.6 is 15.9 Å². The minimum atomic E-state index is -0.240. The number of ether oxygens (including phenoxy) is 1. The fourth-order valence-corrected chi connectivity index (χ4v) is 2.84. The van der Waals surface area contributed by atoms with Gasteiger partial charge in [0.05, 0.1) is 11.7 Å². The molecule has 0 saturated heterocycles. The number of benzene rings is 2. The number of rotatable bonds is 6. The summed E-state index contributed by atoms with van der Waals surface area (Å²) in [7, 11) is 0. The van der Waals surface area contributed by atoms with Crippen LogP contribution in [0.2, 0.25) is 0 Å². The molecule has 126 valence electrons. The van der Waals surface area contributed by atoms with Gasteiger partial charge in [0.1, 0.15) is 5.75 Å². The lowest BCUT2D eigenvalue weighted by atomic mass is 10.1. The lowest BCUT2D eigenvalue weighted by Gasteiger charge is -2.17. The predicted octanol–water partition coefficient (Wildman–Crippen LogP) is 3.66. The molecule has 24 heavy (non-hydrogen) atoms. The molecular formula is C18H19BrN2O3. The van der Waals surface area contributed by atoms with E-state index >= 15 is 0 Å². The lowest BCUT2D eigenvalue weighted by molar-refractivity contribution is -0.123. The van der Waals surface area contributed by atoms with Crippen molar-refractivity contribution >= 4 is 33.4 Å². The van der Waals surface area contributed by atoms with Crippen LogP contribution in [-0.4, -0.2) is 18.4 Å². The monoisotopic (exact) mass is 390 g/mol. The topological polar surface area (TPSA) is 67.4 Å². The summed E-state index contributed by atoms with van der Waals surface area (Å²) in [6, 6.07) is 14.6. The summed E-state index contributed by atoms with van der Waals surface area (Å²) in [5, 5.41) is 5.56. The van der Waals surface area contributed by atoms with Crippen LogP contribution in [0.15, 0.2) is 53.0 Å². The third-order valence-corrected chi connectivity index (χ3v) is 4.03. The Balaban J connectivity index is 1.94. The van der Waals surface area contributed by atoms with Crippen molar-refractivity contribution < 1.29 is 14.3 Å². The molecule has 2 rings (SSSR count). The summed E-state index contributed by atoms with van der Waals surface area (Å²) in [6.07, 6.45) is 0. The predicted molar refractivity (Wildman–Crippen MR) is 96.9 cm³/mol. The SMILES string of the molecule is CC(=O)Nc1ccccc1OCC(=O)N[C@@H](C)c1ccccc1Br. The molecule has 1 atom stereocenters. The maximum Gasteiger partial charge on any atom is 0.258 e. The molecule has 0 heterocycles. The van der Waals surface area contributed by atoms with Crippen molar-refractivity contribution in [1.29, 1.82) is 0 Å². The standard InChI is InChI=1S/C18H19BrN2O3/c1-12(14-7-3-4-8-15(14)19)20-18(23)11-24-17-10-6-5-9-16(17)21-13(2)22/h3-10,12H,11H2,1-2H3,(H,20,23)(H,21,22)/t12-/m0/s1. The Labute approximate surface area is 149 Å². The molecule has 0 aromatic heterocycles. The van der Waals surface area contributed by atoms with Crippen molar-refractivity contribution in [3.05, 3.63) is 58.6 Å². The Kier molecular flexibility index (Phi) is 6.37. The zero-order valence-electron chi connectivity index (χ0n) is 13.5. The zero-order chi connectivity index (χ0) is 17.5. The molecule has 2 amide bonds. The highest BCUT2D eigenvalue weighted by Gasteiger charge is 2.13. The van der Waals surface area contributed by atoms with E-state index in [1.54, 1.807) is 24.3 Å². The van der Waals surface area contributed by atoms with Gasteiger partial charge in [0, 0.05) is 11.4 Å². The molecule has 0 saturated carbocycles. The number of hydrogen-bond acceptors (Lipinski definition) is 3. The van der Waals surface area contributed by atoms with Gasteiger partial charge in [0.2, 0.25) is 5.91 Å². The summed E-state index contributed by atoms with van der Waals surface area (Å²) in [6.45, 7) is 3.19. The van der Waals surface area contributed by atoms with Crippen molar-refractivity contribution in [2.75, 3.05) is 11.9 Å². The maximum atomic E-state index is 12.1. The summed E-state index contributed by atoms with van der Waals surface area (Å²) < 4.78 is 6.47. The average Bonchev–Trinajstić information content (AvgIpc) is 2.54. The number of nitrogens with one attached hydrogen (secondary N) is 2. The second kappa shape index (κ2) is 8.49. The molecule has 0 aliphatic heterocycles.